The monoisotopic (exact) mass is 986 g/mol. The summed E-state index contributed by atoms with van der Waals surface area (Å²) in [6.07, 6.45) is 61.5. The van der Waals surface area contributed by atoms with Crippen LogP contribution in [0.4, 0.5) is 0 Å². The Morgan fingerprint density at radius 2 is 0.676 bits per heavy atom. The van der Waals surface area contributed by atoms with Crippen LogP contribution in [0.25, 0.3) is 0 Å². The summed E-state index contributed by atoms with van der Waals surface area (Å²) in [4.78, 5) is 25.3. The number of carbonyl (C=O) groups is 1. The first-order valence-corrected chi connectivity index (χ1v) is 31.7. The fraction of sp³-hybridized carbons (Fsp3) is 0.983. The largest absolute Gasteiger partial charge is 0.756 e. The number of hydrogen-bond acceptors (Lipinski definition) is 7. The minimum Gasteiger partial charge on any atom is -0.756 e. The van der Waals surface area contributed by atoms with E-state index in [0.29, 0.717) is 24.1 Å². The van der Waals surface area contributed by atoms with E-state index in [4.69, 9.17) is 18.5 Å². The Kier molecular flexibility index (Phi) is 52.4. The molecule has 0 aliphatic heterocycles. The van der Waals surface area contributed by atoms with Gasteiger partial charge in [0, 0.05) is 13.0 Å². The maximum atomic E-state index is 12.8. The predicted molar refractivity (Wildman–Crippen MR) is 291 cm³/mol. The summed E-state index contributed by atoms with van der Waals surface area (Å²) in [5.41, 5.74) is 0. The van der Waals surface area contributed by atoms with E-state index in [-0.39, 0.29) is 25.8 Å². The van der Waals surface area contributed by atoms with Gasteiger partial charge in [-0.3, -0.25) is 9.36 Å². The Labute approximate surface area is 425 Å². The topological polar surface area (TPSA) is 94.1 Å². The van der Waals surface area contributed by atoms with Gasteiger partial charge in [-0.05, 0) is 12.8 Å². The van der Waals surface area contributed by atoms with Crippen molar-refractivity contribution in [2.24, 2.45) is 0 Å². The lowest BCUT2D eigenvalue weighted by molar-refractivity contribution is -0.870. The van der Waals surface area contributed by atoms with Crippen LogP contribution in [0.15, 0.2) is 0 Å². The van der Waals surface area contributed by atoms with Gasteiger partial charge in [0.15, 0.2) is 0 Å². The number of hydrogen-bond donors (Lipinski definition) is 0. The lowest BCUT2D eigenvalue weighted by atomic mass is 10.0. The number of carbonyl (C=O) groups excluding carboxylic acids is 1. The summed E-state index contributed by atoms with van der Waals surface area (Å²) in [6, 6.07) is 0. The van der Waals surface area contributed by atoms with Crippen LogP contribution >= 0.6 is 7.82 Å². The molecule has 2 unspecified atom stereocenters. The summed E-state index contributed by atoms with van der Waals surface area (Å²) in [5, 5.41) is 0. The minimum atomic E-state index is -4.53. The quantitative estimate of drug-likeness (QED) is 0.0259. The molecule has 68 heavy (non-hydrogen) atoms. The van der Waals surface area contributed by atoms with Crippen LogP contribution in [0.1, 0.15) is 316 Å². The molecule has 8 nitrogen and oxygen atoms in total. The lowest BCUT2D eigenvalue weighted by Crippen LogP contribution is -2.37. The van der Waals surface area contributed by atoms with Gasteiger partial charge in [0.2, 0.25) is 0 Å². The number of ether oxygens (including phenoxy) is 2. The average Bonchev–Trinajstić information content (AvgIpc) is 3.30. The van der Waals surface area contributed by atoms with Crippen LogP contribution in [-0.4, -0.2) is 70.7 Å². The standard InChI is InChI=1S/C59H120NO7P/c1-6-8-10-12-14-16-18-20-22-24-26-28-30-31-33-35-37-39-41-43-45-47-49-51-54-64-56-58(57-66-68(62,63)65-55-53-60(3,4)5)67-59(61)52-50-48-46-44-42-40-38-36-34-32-29-27-25-23-21-19-17-15-13-11-9-7-2/h58H,6-57H2,1-5H3. The second-order valence-electron chi connectivity index (χ2n) is 22.1. The molecule has 0 aliphatic carbocycles. The van der Waals surface area contributed by atoms with E-state index in [0.717, 1.165) is 32.1 Å². The van der Waals surface area contributed by atoms with Gasteiger partial charge in [-0.25, -0.2) is 0 Å². The van der Waals surface area contributed by atoms with Crippen molar-refractivity contribution in [2.45, 2.75) is 322 Å². The zero-order valence-electron chi connectivity index (χ0n) is 46.6. The van der Waals surface area contributed by atoms with Crippen molar-refractivity contribution in [3.05, 3.63) is 0 Å². The highest BCUT2D eigenvalue weighted by Gasteiger charge is 2.20. The van der Waals surface area contributed by atoms with Crippen molar-refractivity contribution >= 4 is 13.8 Å². The number of esters is 1. The van der Waals surface area contributed by atoms with Crippen molar-refractivity contribution in [3.8, 4) is 0 Å². The molecule has 0 bridgehead atoms. The number of phosphoric acid groups is 1. The number of nitrogens with zero attached hydrogens (tertiary/aromatic N) is 1. The van der Waals surface area contributed by atoms with Gasteiger partial charge in [-0.2, -0.15) is 0 Å². The van der Waals surface area contributed by atoms with E-state index in [9.17, 15) is 14.3 Å². The predicted octanol–water partition coefficient (Wildman–Crippen LogP) is 18.5. The summed E-state index contributed by atoms with van der Waals surface area (Å²) in [5.74, 6) is -0.322. The van der Waals surface area contributed by atoms with E-state index < -0.39 is 13.9 Å². The van der Waals surface area contributed by atoms with Crippen LogP contribution in [-0.2, 0) is 27.9 Å². The first-order valence-electron chi connectivity index (χ1n) is 30.3. The normalized spacial score (nSPS) is 13.3. The van der Waals surface area contributed by atoms with Crippen molar-refractivity contribution in [1.29, 1.82) is 0 Å². The molecule has 0 aromatic carbocycles. The third-order valence-electron chi connectivity index (χ3n) is 13.9. The molecule has 0 aliphatic rings. The molecule has 0 radical (unpaired) electrons. The molecule has 0 fully saturated rings. The summed E-state index contributed by atoms with van der Waals surface area (Å²) in [7, 11) is 1.38. The molecule has 0 amide bonds. The van der Waals surface area contributed by atoms with E-state index in [1.165, 1.54) is 263 Å². The number of quaternary nitrogens is 1. The highest BCUT2D eigenvalue weighted by atomic mass is 31.2. The smallest absolute Gasteiger partial charge is 0.306 e. The molecule has 0 heterocycles. The zero-order chi connectivity index (χ0) is 49.8. The summed E-state index contributed by atoms with van der Waals surface area (Å²) in [6.45, 7) is 5.52. The zero-order valence-corrected chi connectivity index (χ0v) is 47.5. The molecule has 0 aromatic rings. The molecule has 0 saturated heterocycles. The maximum Gasteiger partial charge on any atom is 0.306 e. The number of likely N-dealkylation sites (N-methyl/N-ethyl adjacent to an activating group) is 1. The van der Waals surface area contributed by atoms with Gasteiger partial charge in [0.1, 0.15) is 19.3 Å². The van der Waals surface area contributed by atoms with Gasteiger partial charge in [0.05, 0.1) is 34.4 Å². The van der Waals surface area contributed by atoms with E-state index >= 15 is 0 Å². The molecule has 2 atom stereocenters. The SMILES string of the molecule is CCCCCCCCCCCCCCCCCCCCCCCCCCOCC(COP(=O)([O-])OCC[N+](C)(C)C)OC(=O)CCCCCCCCCCCCCCCCCCCCCCCC. The average molecular weight is 987 g/mol. The van der Waals surface area contributed by atoms with Crippen LogP contribution in [0, 0.1) is 0 Å². The molecular weight excluding hydrogens is 866 g/mol. The van der Waals surface area contributed by atoms with Crippen molar-refractivity contribution in [1.82, 2.24) is 0 Å². The Morgan fingerprint density at radius 3 is 0.971 bits per heavy atom. The third kappa shape index (κ3) is 56.4. The highest BCUT2D eigenvalue weighted by molar-refractivity contribution is 7.45. The molecule has 0 spiro atoms. The summed E-state index contributed by atoms with van der Waals surface area (Å²) < 4.78 is 34.9. The third-order valence-corrected chi connectivity index (χ3v) is 14.9. The molecular formula is C59H120NO7P. The highest BCUT2D eigenvalue weighted by Crippen LogP contribution is 2.38. The molecule has 0 N–H and O–H groups in total. The van der Waals surface area contributed by atoms with Gasteiger partial charge in [-0.15, -0.1) is 0 Å². The lowest BCUT2D eigenvalue weighted by Gasteiger charge is -2.28. The Morgan fingerprint density at radius 1 is 0.397 bits per heavy atom. The van der Waals surface area contributed by atoms with Crippen molar-refractivity contribution < 1.29 is 37.3 Å². The fourth-order valence-electron chi connectivity index (χ4n) is 9.26. The first-order chi connectivity index (χ1) is 33.1. The Bertz CT molecular complexity index is 1050. The van der Waals surface area contributed by atoms with E-state index in [1.54, 1.807) is 0 Å². The van der Waals surface area contributed by atoms with Crippen molar-refractivity contribution in [2.75, 3.05) is 54.1 Å². The Balaban J connectivity index is 3.98. The number of unbranched alkanes of at least 4 members (excludes halogenated alkanes) is 44. The molecule has 0 rings (SSSR count). The molecule has 9 heteroatoms. The van der Waals surface area contributed by atoms with Crippen LogP contribution < -0.4 is 4.89 Å². The van der Waals surface area contributed by atoms with Crippen LogP contribution in [0.2, 0.25) is 0 Å². The van der Waals surface area contributed by atoms with Crippen molar-refractivity contribution in [3.63, 3.8) is 0 Å². The number of rotatable bonds is 58. The second-order valence-corrected chi connectivity index (χ2v) is 23.5. The second kappa shape index (κ2) is 52.8. The van der Waals surface area contributed by atoms with E-state index in [2.05, 4.69) is 13.8 Å². The minimum absolute atomic E-state index is 0.0320. The molecule has 0 aromatic heterocycles. The van der Waals surface area contributed by atoms with Gasteiger partial charge in [0.25, 0.3) is 7.82 Å². The first kappa shape index (κ1) is 67.5. The fourth-order valence-corrected chi connectivity index (χ4v) is 9.99. The van der Waals surface area contributed by atoms with Crippen LogP contribution in [0.5, 0.6) is 0 Å². The van der Waals surface area contributed by atoms with E-state index in [1.807, 2.05) is 21.1 Å². The molecule has 408 valence electrons. The van der Waals surface area contributed by atoms with Gasteiger partial charge >= 0.3 is 5.97 Å². The van der Waals surface area contributed by atoms with Crippen LogP contribution in [0.3, 0.4) is 0 Å². The molecule has 0 saturated carbocycles. The summed E-state index contributed by atoms with van der Waals surface area (Å²) >= 11 is 0. The van der Waals surface area contributed by atoms with Gasteiger partial charge in [-0.1, -0.05) is 296 Å². The maximum absolute atomic E-state index is 12.8. The van der Waals surface area contributed by atoms with Gasteiger partial charge < -0.3 is 27.9 Å². The number of phosphoric ester groups is 1. The Hall–Kier alpha value is -0.500.